The Hall–Kier alpha value is -1.54. The molecule has 1 aromatic heterocycles. The fraction of sp³-hybridized carbons (Fsp3) is 0.625. The summed E-state index contributed by atoms with van der Waals surface area (Å²) in [6.45, 7) is 6.27. The molecule has 0 spiro atoms. The second kappa shape index (κ2) is 6.48. The van der Waals surface area contributed by atoms with Crippen molar-refractivity contribution in [2.75, 3.05) is 11.4 Å². The van der Waals surface area contributed by atoms with Gasteiger partial charge in [0, 0.05) is 17.5 Å². The highest BCUT2D eigenvalue weighted by atomic mass is 32.1. The quantitative estimate of drug-likeness (QED) is 0.905. The Kier molecular flexibility index (Phi) is 4.89. The highest BCUT2D eigenvalue weighted by Crippen LogP contribution is 2.40. The average Bonchev–Trinajstić information content (AvgIpc) is 2.81. The van der Waals surface area contributed by atoms with Crippen molar-refractivity contribution in [3.8, 4) is 6.07 Å². The van der Waals surface area contributed by atoms with Gasteiger partial charge in [-0.2, -0.15) is 5.26 Å². The van der Waals surface area contributed by atoms with Crippen molar-refractivity contribution in [1.82, 2.24) is 0 Å². The summed E-state index contributed by atoms with van der Waals surface area (Å²) in [7, 11) is 0. The first-order valence-corrected chi connectivity index (χ1v) is 8.31. The molecule has 0 amide bonds. The molecule has 1 aliphatic rings. The summed E-state index contributed by atoms with van der Waals surface area (Å²) in [5, 5.41) is 19.7. The Morgan fingerprint density at radius 1 is 1.38 bits per heavy atom. The van der Waals surface area contributed by atoms with Gasteiger partial charge in [-0.3, -0.25) is 4.79 Å². The number of carboxylic acid groups (broad SMARTS) is 1. The number of fused-ring (bicyclic) bond motifs is 1. The molecule has 0 saturated carbocycles. The van der Waals surface area contributed by atoms with Crippen LogP contribution >= 0.6 is 11.3 Å². The van der Waals surface area contributed by atoms with E-state index in [2.05, 4.69) is 24.8 Å². The Balaban J connectivity index is 2.39. The number of aliphatic carboxylic acids is 1. The van der Waals surface area contributed by atoms with Crippen LogP contribution in [0.5, 0.6) is 0 Å². The predicted molar refractivity (Wildman–Crippen MR) is 85.0 cm³/mol. The van der Waals surface area contributed by atoms with Crippen molar-refractivity contribution in [2.45, 2.75) is 52.5 Å². The minimum Gasteiger partial charge on any atom is -0.481 e. The summed E-state index contributed by atoms with van der Waals surface area (Å²) < 4.78 is 0. The minimum absolute atomic E-state index is 0.180. The molecule has 21 heavy (non-hydrogen) atoms. The Bertz CT molecular complexity index is 572. The first-order chi connectivity index (χ1) is 9.95. The van der Waals surface area contributed by atoms with Gasteiger partial charge >= 0.3 is 5.97 Å². The lowest BCUT2D eigenvalue weighted by Crippen LogP contribution is -2.37. The van der Waals surface area contributed by atoms with Crippen LogP contribution in [0, 0.1) is 17.2 Å². The summed E-state index contributed by atoms with van der Waals surface area (Å²) in [6.07, 6.45) is 4.36. The van der Waals surface area contributed by atoms with Crippen LogP contribution in [0.3, 0.4) is 0 Å². The van der Waals surface area contributed by atoms with Gasteiger partial charge in [0.1, 0.15) is 11.1 Å². The van der Waals surface area contributed by atoms with Gasteiger partial charge in [0.05, 0.1) is 11.5 Å². The zero-order valence-corrected chi connectivity index (χ0v) is 13.7. The first-order valence-electron chi connectivity index (χ1n) is 7.49. The van der Waals surface area contributed by atoms with E-state index in [9.17, 15) is 10.1 Å². The second-order valence-corrected chi connectivity index (χ2v) is 7.07. The molecule has 0 radical (unpaired) electrons. The zero-order chi connectivity index (χ0) is 15.6. The van der Waals surface area contributed by atoms with E-state index in [0.29, 0.717) is 6.54 Å². The lowest BCUT2D eigenvalue weighted by Gasteiger charge is -2.29. The predicted octanol–water partition coefficient (Wildman–Crippen LogP) is 3.43. The van der Waals surface area contributed by atoms with E-state index < -0.39 is 11.9 Å². The van der Waals surface area contributed by atoms with Crippen molar-refractivity contribution >= 4 is 22.3 Å². The highest BCUT2D eigenvalue weighted by Gasteiger charge is 2.27. The van der Waals surface area contributed by atoms with Crippen molar-refractivity contribution in [3.05, 3.63) is 16.0 Å². The molecule has 1 N–H and O–H groups in total. The van der Waals surface area contributed by atoms with Crippen molar-refractivity contribution < 1.29 is 9.90 Å². The zero-order valence-electron chi connectivity index (χ0n) is 12.8. The number of hydrogen-bond acceptors (Lipinski definition) is 4. The smallest absolute Gasteiger partial charge is 0.308 e. The number of nitriles is 1. The van der Waals surface area contributed by atoms with Gasteiger partial charge in [0.25, 0.3) is 0 Å². The van der Waals surface area contributed by atoms with Gasteiger partial charge in [-0.1, -0.05) is 6.92 Å². The van der Waals surface area contributed by atoms with E-state index in [4.69, 9.17) is 5.11 Å². The summed E-state index contributed by atoms with van der Waals surface area (Å²) in [5.74, 6) is -1.24. The molecule has 0 aliphatic heterocycles. The van der Waals surface area contributed by atoms with Crippen LogP contribution in [0.15, 0.2) is 0 Å². The van der Waals surface area contributed by atoms with Crippen LogP contribution in [0.4, 0.5) is 5.00 Å². The number of hydrogen-bond donors (Lipinski definition) is 1. The fourth-order valence-electron chi connectivity index (χ4n) is 2.77. The van der Waals surface area contributed by atoms with Crippen molar-refractivity contribution in [3.63, 3.8) is 0 Å². The van der Waals surface area contributed by atoms with Gasteiger partial charge < -0.3 is 10.0 Å². The molecular formula is C16H22N2O2S. The van der Waals surface area contributed by atoms with Crippen LogP contribution < -0.4 is 4.90 Å². The van der Waals surface area contributed by atoms with E-state index in [1.54, 1.807) is 18.3 Å². The van der Waals surface area contributed by atoms with Crippen LogP contribution in [0.2, 0.25) is 0 Å². The molecule has 1 aromatic rings. The molecule has 0 bridgehead atoms. The Morgan fingerprint density at radius 3 is 2.62 bits per heavy atom. The summed E-state index contributed by atoms with van der Waals surface area (Å²) in [4.78, 5) is 14.6. The van der Waals surface area contributed by atoms with Gasteiger partial charge in [0.2, 0.25) is 0 Å². The molecule has 114 valence electrons. The number of nitrogens with zero attached hydrogens (tertiary/aromatic N) is 2. The normalized spacial score (nSPS) is 15.4. The standard InChI is InChI=1S/C16H22N2O2S/c1-10(2)18(9-11(3)16(19)20)15-13(8-17)12-6-4-5-7-14(12)21-15/h10-11H,4-7,9H2,1-3H3,(H,19,20). The van der Waals surface area contributed by atoms with Gasteiger partial charge in [-0.05, 0) is 45.1 Å². The van der Waals surface area contributed by atoms with E-state index in [1.165, 1.54) is 16.9 Å². The van der Waals surface area contributed by atoms with E-state index in [0.717, 1.165) is 29.8 Å². The summed E-state index contributed by atoms with van der Waals surface area (Å²) >= 11 is 1.69. The molecule has 1 heterocycles. The summed E-state index contributed by atoms with van der Waals surface area (Å²) in [6, 6.07) is 2.54. The number of carboxylic acids is 1. The number of aryl methyl sites for hydroxylation is 1. The highest BCUT2D eigenvalue weighted by molar-refractivity contribution is 7.16. The van der Waals surface area contributed by atoms with Gasteiger partial charge in [-0.15, -0.1) is 11.3 Å². The topological polar surface area (TPSA) is 64.3 Å². The third-order valence-corrected chi connectivity index (χ3v) is 5.37. The maximum Gasteiger partial charge on any atom is 0.308 e. The van der Waals surface area contributed by atoms with Crippen LogP contribution in [0.25, 0.3) is 0 Å². The number of thiophene rings is 1. The maximum absolute atomic E-state index is 11.1. The van der Waals surface area contributed by atoms with Gasteiger partial charge in [0.15, 0.2) is 0 Å². The Labute approximate surface area is 130 Å². The monoisotopic (exact) mass is 306 g/mol. The van der Waals surface area contributed by atoms with Crippen LogP contribution in [-0.2, 0) is 17.6 Å². The molecular weight excluding hydrogens is 284 g/mol. The average molecular weight is 306 g/mol. The molecule has 4 nitrogen and oxygen atoms in total. The third kappa shape index (κ3) is 3.21. The SMILES string of the molecule is CC(CN(c1sc2c(c1C#N)CCCC2)C(C)C)C(=O)O. The maximum atomic E-state index is 11.1. The lowest BCUT2D eigenvalue weighted by atomic mass is 9.96. The minimum atomic E-state index is -0.791. The molecule has 1 atom stereocenters. The first kappa shape index (κ1) is 15.8. The molecule has 1 unspecified atom stereocenters. The van der Waals surface area contributed by atoms with Crippen molar-refractivity contribution in [1.29, 1.82) is 5.26 Å². The van der Waals surface area contributed by atoms with Gasteiger partial charge in [-0.25, -0.2) is 0 Å². The molecule has 1 aliphatic carbocycles. The lowest BCUT2D eigenvalue weighted by molar-refractivity contribution is -0.140. The molecule has 0 fully saturated rings. The van der Waals surface area contributed by atoms with E-state index in [1.807, 2.05) is 0 Å². The van der Waals surface area contributed by atoms with Crippen LogP contribution in [-0.4, -0.2) is 23.7 Å². The fourth-order valence-corrected chi connectivity index (χ4v) is 4.25. The van der Waals surface area contributed by atoms with Crippen molar-refractivity contribution in [2.24, 2.45) is 5.92 Å². The molecule has 0 aromatic carbocycles. The number of anilines is 1. The third-order valence-electron chi connectivity index (χ3n) is 4.04. The largest absolute Gasteiger partial charge is 0.481 e. The Morgan fingerprint density at radius 2 is 2.05 bits per heavy atom. The van der Waals surface area contributed by atoms with E-state index in [-0.39, 0.29) is 6.04 Å². The number of rotatable bonds is 5. The second-order valence-electron chi connectivity index (χ2n) is 5.99. The number of carbonyl (C=O) groups is 1. The summed E-state index contributed by atoms with van der Waals surface area (Å²) in [5.41, 5.74) is 1.98. The molecule has 0 saturated heterocycles. The molecule has 2 rings (SSSR count). The van der Waals surface area contributed by atoms with E-state index >= 15 is 0 Å². The van der Waals surface area contributed by atoms with Crippen LogP contribution in [0.1, 0.15) is 49.6 Å². The molecule has 5 heteroatoms.